The second-order valence-corrected chi connectivity index (χ2v) is 5.32. The number of halogens is 2. The summed E-state index contributed by atoms with van der Waals surface area (Å²) in [5.74, 6) is 1.09. The number of rotatable bonds is 6. The Bertz CT molecular complexity index is 644. The largest absolute Gasteiger partial charge is 0.497 e. The Hall–Kier alpha value is -1.91. The molecule has 0 saturated heterocycles. The van der Waals surface area contributed by atoms with Crippen LogP contribution in [0.2, 0.25) is 10.0 Å². The van der Waals surface area contributed by atoms with Crippen LogP contribution < -0.4 is 14.8 Å². The fraction of sp³-hybridized carbons (Fsp3) is 0.188. The van der Waals surface area contributed by atoms with Gasteiger partial charge >= 0.3 is 0 Å². The molecule has 2 aromatic carbocycles. The number of hydrogen-bond donors (Lipinski definition) is 1. The van der Waals surface area contributed by atoms with Gasteiger partial charge in [-0.15, -0.1) is 0 Å². The van der Waals surface area contributed by atoms with Crippen molar-refractivity contribution in [3.05, 3.63) is 58.1 Å². The first kappa shape index (κ1) is 16.5. The third-order valence-electron chi connectivity index (χ3n) is 2.92. The number of amides is 1. The zero-order valence-corrected chi connectivity index (χ0v) is 13.4. The van der Waals surface area contributed by atoms with Crippen molar-refractivity contribution in [1.82, 2.24) is 5.32 Å². The molecule has 0 atom stereocenters. The van der Waals surface area contributed by atoms with Gasteiger partial charge in [-0.2, -0.15) is 0 Å². The Morgan fingerprint density at radius 3 is 2.41 bits per heavy atom. The summed E-state index contributed by atoms with van der Waals surface area (Å²) < 4.78 is 10.4. The van der Waals surface area contributed by atoms with E-state index in [0.717, 1.165) is 11.3 Å². The minimum absolute atomic E-state index is 0.0719. The van der Waals surface area contributed by atoms with E-state index in [2.05, 4.69) is 5.32 Å². The molecule has 2 rings (SSSR count). The normalized spacial score (nSPS) is 10.1. The molecule has 4 nitrogen and oxygen atoms in total. The van der Waals surface area contributed by atoms with Crippen LogP contribution in [0.3, 0.4) is 0 Å². The number of carbonyl (C=O) groups is 1. The average molecular weight is 340 g/mol. The summed E-state index contributed by atoms with van der Waals surface area (Å²) in [6.07, 6.45) is 0. The lowest BCUT2D eigenvalue weighted by Gasteiger charge is -2.09. The summed E-state index contributed by atoms with van der Waals surface area (Å²) in [7, 11) is 1.59. The summed E-state index contributed by atoms with van der Waals surface area (Å²) in [5.41, 5.74) is 0.795. The van der Waals surface area contributed by atoms with Crippen molar-refractivity contribution in [2.45, 2.75) is 6.54 Å². The van der Waals surface area contributed by atoms with Gasteiger partial charge in [0.1, 0.15) is 11.5 Å². The number of hydrogen-bond acceptors (Lipinski definition) is 3. The number of benzene rings is 2. The lowest BCUT2D eigenvalue weighted by atomic mass is 10.2. The van der Waals surface area contributed by atoms with E-state index >= 15 is 0 Å². The molecule has 0 aromatic heterocycles. The third kappa shape index (κ3) is 4.83. The molecule has 0 saturated carbocycles. The molecule has 0 heterocycles. The number of ether oxygens (including phenoxy) is 2. The van der Waals surface area contributed by atoms with Gasteiger partial charge in [0.05, 0.1) is 7.11 Å². The molecule has 0 aliphatic rings. The van der Waals surface area contributed by atoms with Crippen molar-refractivity contribution in [2.75, 3.05) is 13.7 Å². The van der Waals surface area contributed by atoms with Gasteiger partial charge < -0.3 is 14.8 Å². The van der Waals surface area contributed by atoms with Crippen molar-refractivity contribution in [2.24, 2.45) is 0 Å². The van der Waals surface area contributed by atoms with Gasteiger partial charge in [-0.25, -0.2) is 0 Å². The van der Waals surface area contributed by atoms with Crippen LogP contribution >= 0.6 is 23.2 Å². The lowest BCUT2D eigenvalue weighted by molar-refractivity contribution is -0.123. The molecule has 2 aromatic rings. The van der Waals surface area contributed by atoms with Gasteiger partial charge in [0.2, 0.25) is 0 Å². The molecule has 0 aliphatic heterocycles. The van der Waals surface area contributed by atoms with Gasteiger partial charge in [-0.3, -0.25) is 4.79 Å². The molecule has 1 amide bonds. The van der Waals surface area contributed by atoms with Crippen molar-refractivity contribution >= 4 is 29.1 Å². The van der Waals surface area contributed by atoms with E-state index in [1.165, 1.54) is 0 Å². The number of carbonyl (C=O) groups excluding carboxylic acids is 1. The van der Waals surface area contributed by atoms with Crippen LogP contribution in [-0.2, 0) is 11.3 Å². The first-order chi connectivity index (χ1) is 10.6. The van der Waals surface area contributed by atoms with E-state index in [0.29, 0.717) is 22.3 Å². The minimum atomic E-state index is -0.234. The Kier molecular flexibility index (Phi) is 5.92. The van der Waals surface area contributed by atoms with Gasteiger partial charge in [-0.05, 0) is 42.0 Å². The smallest absolute Gasteiger partial charge is 0.258 e. The summed E-state index contributed by atoms with van der Waals surface area (Å²) >= 11 is 11.9. The van der Waals surface area contributed by atoms with Crippen LogP contribution in [0.4, 0.5) is 0 Å². The average Bonchev–Trinajstić information content (AvgIpc) is 2.52. The molecule has 0 spiro atoms. The highest BCUT2D eigenvalue weighted by molar-refractivity contribution is 6.35. The summed E-state index contributed by atoms with van der Waals surface area (Å²) in [6, 6.07) is 12.1. The maximum atomic E-state index is 11.8. The highest BCUT2D eigenvalue weighted by Crippen LogP contribution is 2.20. The molecule has 6 heteroatoms. The van der Waals surface area contributed by atoms with Gasteiger partial charge in [-0.1, -0.05) is 29.3 Å². The molecule has 0 radical (unpaired) electrons. The molecule has 1 N–H and O–H groups in total. The quantitative estimate of drug-likeness (QED) is 0.872. The highest BCUT2D eigenvalue weighted by Gasteiger charge is 2.06. The highest BCUT2D eigenvalue weighted by atomic mass is 35.5. The summed E-state index contributed by atoms with van der Waals surface area (Å²) in [5, 5.41) is 3.81. The van der Waals surface area contributed by atoms with Crippen LogP contribution in [0.25, 0.3) is 0 Å². The van der Waals surface area contributed by atoms with E-state index in [4.69, 9.17) is 32.7 Å². The standard InChI is InChI=1S/C16H15Cl2NO3/c1-21-13-4-6-14(7-5-13)22-10-16(20)19-9-11-2-3-12(17)8-15(11)18/h2-8H,9-10H2,1H3,(H,19,20). The third-order valence-corrected chi connectivity index (χ3v) is 3.51. The predicted octanol–water partition coefficient (Wildman–Crippen LogP) is 3.70. The first-order valence-electron chi connectivity index (χ1n) is 6.56. The van der Waals surface area contributed by atoms with Crippen LogP contribution in [0.15, 0.2) is 42.5 Å². The summed E-state index contributed by atoms with van der Waals surface area (Å²) in [4.78, 5) is 11.8. The zero-order valence-electron chi connectivity index (χ0n) is 11.9. The molecule has 22 heavy (non-hydrogen) atoms. The SMILES string of the molecule is COc1ccc(OCC(=O)NCc2ccc(Cl)cc2Cl)cc1. The number of methoxy groups -OCH3 is 1. The van der Waals surface area contributed by atoms with E-state index in [9.17, 15) is 4.79 Å². The van der Waals surface area contributed by atoms with Gasteiger partial charge in [0.25, 0.3) is 5.91 Å². The maximum Gasteiger partial charge on any atom is 0.258 e. The first-order valence-corrected chi connectivity index (χ1v) is 7.31. The van der Waals surface area contributed by atoms with Crippen LogP contribution in [-0.4, -0.2) is 19.6 Å². The number of nitrogens with one attached hydrogen (secondary N) is 1. The fourth-order valence-electron chi connectivity index (χ4n) is 1.73. The van der Waals surface area contributed by atoms with Crippen LogP contribution in [0.1, 0.15) is 5.56 Å². The van der Waals surface area contributed by atoms with Gasteiger partial charge in [0, 0.05) is 16.6 Å². The Labute approximate surface area is 138 Å². The van der Waals surface area contributed by atoms with Crippen LogP contribution in [0, 0.1) is 0 Å². The second-order valence-electron chi connectivity index (χ2n) is 4.48. The molecule has 0 unspecified atom stereocenters. The van der Waals surface area contributed by atoms with Crippen LogP contribution in [0.5, 0.6) is 11.5 Å². The Morgan fingerprint density at radius 1 is 1.09 bits per heavy atom. The molecule has 116 valence electrons. The van der Waals surface area contributed by atoms with E-state index in [-0.39, 0.29) is 12.5 Å². The second kappa shape index (κ2) is 7.92. The molecule has 0 fully saturated rings. The van der Waals surface area contributed by atoms with E-state index in [1.54, 1.807) is 49.6 Å². The molecule has 0 bridgehead atoms. The zero-order chi connectivity index (χ0) is 15.9. The Morgan fingerprint density at radius 2 is 1.77 bits per heavy atom. The van der Waals surface area contributed by atoms with Crippen molar-refractivity contribution in [3.63, 3.8) is 0 Å². The van der Waals surface area contributed by atoms with Crippen molar-refractivity contribution < 1.29 is 14.3 Å². The maximum absolute atomic E-state index is 11.8. The summed E-state index contributed by atoms with van der Waals surface area (Å²) in [6.45, 7) is 0.248. The molecular weight excluding hydrogens is 325 g/mol. The Balaban J connectivity index is 1.80. The van der Waals surface area contributed by atoms with E-state index < -0.39 is 0 Å². The van der Waals surface area contributed by atoms with Crippen molar-refractivity contribution in [1.29, 1.82) is 0 Å². The topological polar surface area (TPSA) is 47.6 Å². The monoisotopic (exact) mass is 339 g/mol. The van der Waals surface area contributed by atoms with Gasteiger partial charge in [0.15, 0.2) is 6.61 Å². The molecular formula is C16H15Cl2NO3. The predicted molar refractivity (Wildman–Crippen MR) is 86.8 cm³/mol. The molecule has 0 aliphatic carbocycles. The van der Waals surface area contributed by atoms with Crippen molar-refractivity contribution in [3.8, 4) is 11.5 Å². The lowest BCUT2D eigenvalue weighted by Crippen LogP contribution is -2.28. The minimum Gasteiger partial charge on any atom is -0.497 e. The fourth-order valence-corrected chi connectivity index (χ4v) is 2.21. The van der Waals surface area contributed by atoms with E-state index in [1.807, 2.05) is 0 Å².